The number of nitrogens with one attached hydrogen (secondary N) is 2. The first-order chi connectivity index (χ1) is 13.0. The van der Waals surface area contributed by atoms with Crippen LogP contribution in [0.1, 0.15) is 11.1 Å². The summed E-state index contributed by atoms with van der Waals surface area (Å²) in [5, 5.41) is 7.71. The van der Waals surface area contributed by atoms with Gasteiger partial charge in [-0.1, -0.05) is 41.9 Å². The van der Waals surface area contributed by atoms with Gasteiger partial charge in [-0.15, -0.1) is 0 Å². The first-order valence-corrected chi connectivity index (χ1v) is 9.24. The van der Waals surface area contributed by atoms with Crippen molar-refractivity contribution in [3.63, 3.8) is 0 Å². The van der Waals surface area contributed by atoms with Gasteiger partial charge >= 0.3 is 0 Å². The summed E-state index contributed by atoms with van der Waals surface area (Å²) in [6, 6.07) is 14.7. The molecule has 4 atom stereocenters. The van der Waals surface area contributed by atoms with Gasteiger partial charge in [-0.2, -0.15) is 0 Å². The summed E-state index contributed by atoms with van der Waals surface area (Å²) in [6.45, 7) is 0. The third-order valence-electron chi connectivity index (χ3n) is 5.98. The van der Waals surface area contributed by atoms with E-state index in [2.05, 4.69) is 10.6 Å². The molecule has 2 saturated heterocycles. The van der Waals surface area contributed by atoms with Crippen molar-refractivity contribution in [2.45, 2.75) is 18.0 Å². The van der Waals surface area contributed by atoms with Crippen LogP contribution in [0.3, 0.4) is 0 Å². The van der Waals surface area contributed by atoms with Crippen LogP contribution in [0.4, 0.5) is 5.69 Å². The second kappa shape index (κ2) is 5.65. The molecule has 27 heavy (non-hydrogen) atoms. The number of anilines is 1. The minimum absolute atomic E-state index is 0.223. The number of halogens is 1. The molecule has 0 radical (unpaired) electrons. The monoisotopic (exact) mass is 382 g/mol. The summed E-state index contributed by atoms with van der Waals surface area (Å²) in [5.41, 5.74) is 1.22. The van der Waals surface area contributed by atoms with E-state index in [0.717, 1.165) is 5.56 Å². The molecule has 0 aliphatic carbocycles. The zero-order chi connectivity index (χ0) is 18.8. The molecule has 3 aliphatic heterocycles. The number of carbonyl (C=O) groups excluding carboxylic acids is 3. The van der Waals surface area contributed by atoms with Gasteiger partial charge in [0.2, 0.25) is 17.4 Å². The Morgan fingerprint density at radius 2 is 1.78 bits per heavy atom. The number of fused-ring (bicyclic) bond motifs is 4. The molecule has 1 spiro atoms. The minimum Gasteiger partial charge on any atom is -0.326 e. The number of nitrogens with two attached hydrogens (primary N) is 1. The summed E-state index contributed by atoms with van der Waals surface area (Å²) in [4.78, 5) is 38.4. The highest BCUT2D eigenvalue weighted by atomic mass is 35.5. The van der Waals surface area contributed by atoms with Crippen molar-refractivity contribution in [1.82, 2.24) is 5.32 Å². The Hall–Kier alpha value is -2.70. The van der Waals surface area contributed by atoms with Gasteiger partial charge in [0.1, 0.15) is 17.9 Å². The van der Waals surface area contributed by atoms with Crippen molar-refractivity contribution < 1.29 is 19.7 Å². The quantitative estimate of drug-likeness (QED) is 0.663. The number of benzene rings is 2. The predicted octanol–water partition coefficient (Wildman–Crippen LogP) is 0.564. The fourth-order valence-electron chi connectivity index (χ4n) is 4.94. The van der Waals surface area contributed by atoms with Crippen molar-refractivity contribution >= 4 is 35.0 Å². The van der Waals surface area contributed by atoms with E-state index in [-0.39, 0.29) is 23.8 Å². The maximum atomic E-state index is 13.1. The summed E-state index contributed by atoms with van der Waals surface area (Å²) < 4.78 is 0. The van der Waals surface area contributed by atoms with E-state index in [1.54, 1.807) is 18.2 Å². The van der Waals surface area contributed by atoms with Gasteiger partial charge in [0.25, 0.3) is 5.91 Å². The smallest absolute Gasteiger partial charge is 0.291 e. The average molecular weight is 383 g/mol. The highest BCUT2D eigenvalue weighted by molar-refractivity contribution is 6.31. The van der Waals surface area contributed by atoms with Gasteiger partial charge in [-0.05, 0) is 23.8 Å². The van der Waals surface area contributed by atoms with Gasteiger partial charge < -0.3 is 10.6 Å². The fraction of sp³-hybridized carbons (Fsp3) is 0.250. The average Bonchev–Trinajstić information content (AvgIpc) is 3.23. The third kappa shape index (κ3) is 2.20. The number of hydrogen-bond acceptors (Lipinski definition) is 3. The first-order valence-electron chi connectivity index (χ1n) is 8.87. The third-order valence-corrected chi connectivity index (χ3v) is 6.22. The number of amides is 3. The lowest BCUT2D eigenvalue weighted by Gasteiger charge is -2.24. The highest BCUT2D eigenvalue weighted by Crippen LogP contribution is 2.47. The SMILES string of the molecule is O=C1NC(=O)[C@H]2[C@H]1[C@H](Cc1ccccc1)[NH2+][C@]21C(=O)Nc2ccc(Cl)cc21. The molecule has 2 fully saturated rings. The van der Waals surface area contributed by atoms with Crippen LogP contribution in [-0.2, 0) is 26.3 Å². The van der Waals surface area contributed by atoms with E-state index in [1.807, 2.05) is 35.6 Å². The number of hydrogen-bond donors (Lipinski definition) is 3. The molecule has 0 saturated carbocycles. The van der Waals surface area contributed by atoms with Crippen LogP contribution in [0.5, 0.6) is 0 Å². The van der Waals surface area contributed by atoms with Crippen molar-refractivity contribution in [2.24, 2.45) is 11.8 Å². The van der Waals surface area contributed by atoms with E-state index in [9.17, 15) is 14.4 Å². The largest absolute Gasteiger partial charge is 0.326 e. The summed E-state index contributed by atoms with van der Waals surface area (Å²) in [7, 11) is 0. The van der Waals surface area contributed by atoms with Crippen molar-refractivity contribution in [1.29, 1.82) is 0 Å². The van der Waals surface area contributed by atoms with Crippen LogP contribution in [0.15, 0.2) is 48.5 Å². The molecule has 0 aromatic heterocycles. The Morgan fingerprint density at radius 1 is 1.00 bits per heavy atom. The maximum absolute atomic E-state index is 13.1. The standard InChI is InChI=1S/C20H16ClN3O3/c21-11-6-7-13-12(9-11)20(19(27)22-13)16-15(17(25)23-18(16)26)14(24-20)8-10-4-2-1-3-5-10/h1-7,9,14-16,24H,8H2,(H,22,27)(H,23,25,26)/p+1/t14-,15+,16+,20-/m0/s1. The zero-order valence-corrected chi connectivity index (χ0v) is 15.0. The topological polar surface area (TPSA) is 91.9 Å². The maximum Gasteiger partial charge on any atom is 0.291 e. The number of rotatable bonds is 2. The molecule has 136 valence electrons. The van der Waals surface area contributed by atoms with Crippen LogP contribution in [0, 0.1) is 11.8 Å². The van der Waals surface area contributed by atoms with Crippen LogP contribution in [-0.4, -0.2) is 23.8 Å². The molecule has 2 aromatic carbocycles. The van der Waals surface area contributed by atoms with E-state index < -0.39 is 17.4 Å². The predicted molar refractivity (Wildman–Crippen MR) is 97.7 cm³/mol. The first kappa shape index (κ1) is 16.5. The zero-order valence-electron chi connectivity index (χ0n) is 14.2. The van der Waals surface area contributed by atoms with Crippen molar-refractivity contribution in [2.75, 3.05) is 5.32 Å². The lowest BCUT2D eigenvalue weighted by Crippen LogP contribution is -2.99. The molecule has 5 rings (SSSR count). The van der Waals surface area contributed by atoms with Crippen LogP contribution < -0.4 is 16.0 Å². The van der Waals surface area contributed by atoms with Gasteiger partial charge in [0.15, 0.2) is 0 Å². The van der Waals surface area contributed by atoms with E-state index >= 15 is 0 Å². The minimum atomic E-state index is -1.17. The van der Waals surface area contributed by atoms with Gasteiger partial charge in [-0.3, -0.25) is 19.7 Å². The Balaban J connectivity index is 1.64. The molecular weight excluding hydrogens is 366 g/mol. The summed E-state index contributed by atoms with van der Waals surface area (Å²) >= 11 is 6.19. The lowest BCUT2D eigenvalue weighted by molar-refractivity contribution is -0.733. The van der Waals surface area contributed by atoms with Gasteiger partial charge in [0, 0.05) is 17.0 Å². The lowest BCUT2D eigenvalue weighted by atomic mass is 9.76. The second-order valence-corrected chi connectivity index (χ2v) is 7.83. The van der Waals surface area contributed by atoms with Crippen LogP contribution in [0.2, 0.25) is 5.02 Å². The molecule has 3 heterocycles. The normalized spacial score (nSPS) is 31.0. The van der Waals surface area contributed by atoms with Gasteiger partial charge in [0.05, 0.1) is 5.69 Å². The molecule has 6 nitrogen and oxygen atoms in total. The van der Waals surface area contributed by atoms with E-state index in [4.69, 9.17) is 11.6 Å². The molecule has 7 heteroatoms. The summed E-state index contributed by atoms with van der Waals surface area (Å²) in [5.74, 6) is -2.27. The van der Waals surface area contributed by atoms with Crippen LogP contribution >= 0.6 is 11.6 Å². The highest BCUT2D eigenvalue weighted by Gasteiger charge is 2.72. The van der Waals surface area contributed by atoms with Gasteiger partial charge in [-0.25, -0.2) is 0 Å². The van der Waals surface area contributed by atoms with Crippen molar-refractivity contribution in [3.8, 4) is 0 Å². The Morgan fingerprint density at radius 3 is 2.56 bits per heavy atom. The summed E-state index contributed by atoms with van der Waals surface area (Å²) in [6.07, 6.45) is 0.591. The molecule has 3 amide bonds. The Bertz CT molecular complexity index is 993. The molecule has 3 aliphatic rings. The van der Waals surface area contributed by atoms with E-state index in [1.165, 1.54) is 0 Å². The number of imide groups is 1. The Kier molecular flexibility index (Phi) is 3.44. The number of carbonyl (C=O) groups is 3. The molecular formula is C20H17ClN3O3+. The molecule has 4 N–H and O–H groups in total. The fourth-order valence-corrected chi connectivity index (χ4v) is 5.11. The molecule has 0 bridgehead atoms. The second-order valence-electron chi connectivity index (χ2n) is 7.39. The molecule has 2 aromatic rings. The van der Waals surface area contributed by atoms with Crippen molar-refractivity contribution in [3.05, 3.63) is 64.7 Å². The Labute approximate surface area is 160 Å². The van der Waals surface area contributed by atoms with Crippen LogP contribution in [0.25, 0.3) is 0 Å². The van der Waals surface area contributed by atoms with E-state index in [0.29, 0.717) is 22.7 Å². The molecule has 0 unspecified atom stereocenters. The number of quaternary nitrogens is 1.